The van der Waals surface area contributed by atoms with Gasteiger partial charge in [-0.15, -0.1) is 0 Å². The minimum absolute atomic E-state index is 0.00616. The van der Waals surface area contributed by atoms with Crippen molar-refractivity contribution >= 4 is 17.7 Å². The molecule has 0 spiro atoms. The number of benzene rings is 1. The average molecular weight is 401 g/mol. The minimum atomic E-state index is -1.25. The van der Waals surface area contributed by atoms with Crippen LogP contribution >= 0.6 is 0 Å². The maximum Gasteiger partial charge on any atom is 0.336 e. The number of furan rings is 1. The van der Waals surface area contributed by atoms with E-state index >= 15 is 0 Å². The second-order valence-electron chi connectivity index (χ2n) is 6.92. The largest absolute Gasteiger partial charge is 0.491 e. The van der Waals surface area contributed by atoms with E-state index in [4.69, 9.17) is 9.15 Å². The van der Waals surface area contributed by atoms with Gasteiger partial charge < -0.3 is 19.2 Å². The van der Waals surface area contributed by atoms with Gasteiger partial charge in [-0.25, -0.2) is 9.18 Å². The molecule has 0 atom stereocenters. The first kappa shape index (κ1) is 20.3. The summed E-state index contributed by atoms with van der Waals surface area (Å²) in [5, 5.41) is 9.25. The molecule has 1 aromatic carbocycles. The summed E-state index contributed by atoms with van der Waals surface area (Å²) in [6, 6.07) is 6.38. The van der Waals surface area contributed by atoms with Gasteiger partial charge in [0.25, 0.3) is 5.91 Å². The van der Waals surface area contributed by atoms with Crippen LogP contribution < -0.4 is 0 Å². The van der Waals surface area contributed by atoms with Crippen LogP contribution in [0, 0.1) is 5.82 Å². The second-order valence-corrected chi connectivity index (χ2v) is 6.92. The van der Waals surface area contributed by atoms with E-state index in [-0.39, 0.29) is 47.6 Å². The first-order valence-electron chi connectivity index (χ1n) is 8.96. The van der Waals surface area contributed by atoms with Crippen molar-refractivity contribution in [3.63, 3.8) is 0 Å². The number of methoxy groups -OCH3 is 1. The van der Waals surface area contributed by atoms with Crippen LogP contribution in [-0.2, 0) is 16.0 Å². The molecule has 1 aromatic heterocycles. The molecule has 0 unspecified atom stereocenters. The Hall–Kier alpha value is -3.42. The highest BCUT2D eigenvalue weighted by molar-refractivity contribution is 6.14. The number of rotatable bonds is 7. The number of halogens is 1. The molecule has 152 valence electrons. The van der Waals surface area contributed by atoms with E-state index < -0.39 is 17.6 Å². The van der Waals surface area contributed by atoms with Gasteiger partial charge in [0.15, 0.2) is 11.5 Å². The number of hydrogen-bond acceptors (Lipinski definition) is 5. The molecular weight excluding hydrogens is 381 g/mol. The molecule has 7 nitrogen and oxygen atoms in total. The predicted molar refractivity (Wildman–Crippen MR) is 100 cm³/mol. The van der Waals surface area contributed by atoms with E-state index in [2.05, 4.69) is 0 Å². The summed E-state index contributed by atoms with van der Waals surface area (Å²) in [5.74, 6) is -2.38. The standard InChI is InChI=1S/C21H20FNO6/c1-11(2)23-10-16(19(28-3)20(23)25)18(24)17-7-6-14(29-17)8-12-4-5-13(22)9-15(12)21(26)27/h4-7,9,11H,8,10H2,1-3H3,(H,26,27). The molecule has 1 aliphatic rings. The number of carbonyl (C=O) groups excluding carboxylic acids is 2. The Labute approximate surface area is 166 Å². The van der Waals surface area contributed by atoms with Crippen LogP contribution in [0.5, 0.6) is 0 Å². The molecule has 29 heavy (non-hydrogen) atoms. The maximum absolute atomic E-state index is 13.3. The molecule has 0 saturated heterocycles. The molecule has 2 aromatic rings. The van der Waals surface area contributed by atoms with Crippen molar-refractivity contribution in [1.29, 1.82) is 0 Å². The van der Waals surface area contributed by atoms with Crippen LogP contribution in [0.25, 0.3) is 0 Å². The third-order valence-electron chi connectivity index (χ3n) is 4.71. The highest BCUT2D eigenvalue weighted by Crippen LogP contribution is 2.26. The lowest BCUT2D eigenvalue weighted by molar-refractivity contribution is -0.129. The SMILES string of the molecule is COC1=C(C(=O)c2ccc(Cc3ccc(F)cc3C(=O)O)o2)CN(C(C)C)C1=O. The number of nitrogens with zero attached hydrogens (tertiary/aromatic N) is 1. The molecule has 1 aliphatic heterocycles. The van der Waals surface area contributed by atoms with Crippen LogP contribution in [-0.4, -0.2) is 47.4 Å². The summed E-state index contributed by atoms with van der Waals surface area (Å²) >= 11 is 0. The number of carboxylic acids is 1. The molecular formula is C21H20FNO6. The highest BCUT2D eigenvalue weighted by atomic mass is 19.1. The Kier molecular flexibility index (Phi) is 5.54. The number of hydrogen-bond donors (Lipinski definition) is 1. The molecule has 0 radical (unpaired) electrons. The molecule has 3 rings (SSSR count). The summed E-state index contributed by atoms with van der Waals surface area (Å²) in [6.07, 6.45) is 0.0719. The first-order chi connectivity index (χ1) is 13.7. The fourth-order valence-corrected chi connectivity index (χ4v) is 3.21. The lowest BCUT2D eigenvalue weighted by atomic mass is 10.0. The van der Waals surface area contributed by atoms with E-state index in [1.54, 1.807) is 6.07 Å². The predicted octanol–water partition coefficient (Wildman–Crippen LogP) is 3.04. The monoisotopic (exact) mass is 401 g/mol. The molecule has 8 heteroatoms. The van der Waals surface area contributed by atoms with Gasteiger partial charge in [-0.3, -0.25) is 9.59 Å². The first-order valence-corrected chi connectivity index (χ1v) is 8.96. The van der Waals surface area contributed by atoms with Crippen molar-refractivity contribution in [2.24, 2.45) is 0 Å². The van der Waals surface area contributed by atoms with E-state index in [0.717, 1.165) is 12.1 Å². The van der Waals surface area contributed by atoms with Crippen molar-refractivity contribution < 1.29 is 33.0 Å². The van der Waals surface area contributed by atoms with Crippen LogP contribution in [0.3, 0.4) is 0 Å². The van der Waals surface area contributed by atoms with Gasteiger partial charge in [-0.05, 0) is 43.7 Å². The third-order valence-corrected chi connectivity index (χ3v) is 4.71. The molecule has 0 fully saturated rings. The van der Waals surface area contributed by atoms with Gasteiger partial charge in [-0.1, -0.05) is 6.07 Å². The number of ketones is 1. The fraction of sp³-hybridized carbons (Fsp3) is 0.286. The summed E-state index contributed by atoms with van der Waals surface area (Å²) in [4.78, 5) is 38.1. The lowest BCUT2D eigenvalue weighted by Crippen LogP contribution is -2.34. The zero-order valence-corrected chi connectivity index (χ0v) is 16.2. The van der Waals surface area contributed by atoms with Crippen LogP contribution in [0.1, 0.15) is 46.1 Å². The van der Waals surface area contributed by atoms with Gasteiger partial charge in [0.05, 0.1) is 24.8 Å². The van der Waals surface area contributed by atoms with E-state index in [9.17, 15) is 23.9 Å². The Bertz CT molecular complexity index is 1020. The molecule has 1 N–H and O–H groups in total. The van der Waals surface area contributed by atoms with Crippen molar-refractivity contribution in [3.05, 3.63) is 70.1 Å². The van der Waals surface area contributed by atoms with E-state index in [1.807, 2.05) is 13.8 Å². The number of Topliss-reactive ketones (excluding diaryl/α,β-unsaturated/α-hetero) is 1. The fourth-order valence-electron chi connectivity index (χ4n) is 3.21. The third kappa shape index (κ3) is 3.91. The Morgan fingerprint density at radius 3 is 2.62 bits per heavy atom. The summed E-state index contributed by atoms with van der Waals surface area (Å²) < 4.78 is 24.1. The summed E-state index contributed by atoms with van der Waals surface area (Å²) in [7, 11) is 1.33. The number of ether oxygens (including phenoxy) is 1. The topological polar surface area (TPSA) is 97.1 Å². The van der Waals surface area contributed by atoms with Crippen molar-refractivity contribution in [2.75, 3.05) is 13.7 Å². The van der Waals surface area contributed by atoms with Crippen LogP contribution in [0.2, 0.25) is 0 Å². The van der Waals surface area contributed by atoms with Gasteiger partial charge in [-0.2, -0.15) is 0 Å². The quantitative estimate of drug-likeness (QED) is 0.717. The Morgan fingerprint density at radius 2 is 2.00 bits per heavy atom. The zero-order valence-electron chi connectivity index (χ0n) is 16.2. The molecule has 0 saturated carbocycles. The van der Waals surface area contributed by atoms with Gasteiger partial charge in [0.1, 0.15) is 11.6 Å². The van der Waals surface area contributed by atoms with Crippen molar-refractivity contribution in [3.8, 4) is 0 Å². The molecule has 0 bridgehead atoms. The minimum Gasteiger partial charge on any atom is -0.491 e. The Balaban J connectivity index is 1.85. The molecule has 1 amide bonds. The maximum atomic E-state index is 13.3. The van der Waals surface area contributed by atoms with E-state index in [1.165, 1.54) is 24.1 Å². The van der Waals surface area contributed by atoms with Gasteiger partial charge in [0, 0.05) is 12.5 Å². The van der Waals surface area contributed by atoms with Crippen LogP contribution in [0.15, 0.2) is 46.1 Å². The number of carbonyl (C=O) groups is 3. The lowest BCUT2D eigenvalue weighted by Gasteiger charge is -2.20. The van der Waals surface area contributed by atoms with Gasteiger partial charge in [0.2, 0.25) is 5.78 Å². The van der Waals surface area contributed by atoms with E-state index in [0.29, 0.717) is 11.3 Å². The van der Waals surface area contributed by atoms with Crippen LogP contribution in [0.4, 0.5) is 4.39 Å². The highest BCUT2D eigenvalue weighted by Gasteiger charge is 2.37. The average Bonchev–Trinajstić information content (AvgIpc) is 3.26. The normalized spacial score (nSPS) is 14.1. The number of aromatic carboxylic acids is 1. The second kappa shape index (κ2) is 7.90. The summed E-state index contributed by atoms with van der Waals surface area (Å²) in [6.45, 7) is 3.80. The zero-order chi connectivity index (χ0) is 21.3. The smallest absolute Gasteiger partial charge is 0.336 e. The van der Waals surface area contributed by atoms with Gasteiger partial charge >= 0.3 is 5.97 Å². The molecule has 2 heterocycles. The van der Waals surface area contributed by atoms with Crippen molar-refractivity contribution in [2.45, 2.75) is 26.3 Å². The molecule has 0 aliphatic carbocycles. The van der Waals surface area contributed by atoms with Crippen molar-refractivity contribution in [1.82, 2.24) is 4.90 Å². The number of carboxylic acid groups (broad SMARTS) is 1. The Morgan fingerprint density at radius 1 is 1.28 bits per heavy atom. The summed E-state index contributed by atoms with van der Waals surface area (Å²) in [5.41, 5.74) is 0.388. The number of amides is 1.